The van der Waals surface area contributed by atoms with Crippen molar-refractivity contribution in [3.05, 3.63) is 30.1 Å². The number of para-hydroxylation sites is 1. The highest BCUT2D eigenvalue weighted by atomic mass is 16.4. The van der Waals surface area contributed by atoms with Gasteiger partial charge in [0.1, 0.15) is 5.52 Å². The Morgan fingerprint density at radius 1 is 1.21 bits per heavy atom. The van der Waals surface area contributed by atoms with Crippen LogP contribution in [0.3, 0.4) is 0 Å². The molecule has 0 spiro atoms. The molecule has 0 atom stereocenters. The number of hydrogen-bond acceptors (Lipinski definition) is 2. The summed E-state index contributed by atoms with van der Waals surface area (Å²) in [5, 5.41) is 9.20. The number of benzene rings is 1. The van der Waals surface area contributed by atoms with Crippen molar-refractivity contribution in [2.75, 3.05) is 0 Å². The van der Waals surface area contributed by atoms with Gasteiger partial charge in [0.05, 0.1) is 17.4 Å². The molecule has 1 aliphatic rings. The van der Waals surface area contributed by atoms with E-state index in [9.17, 15) is 9.90 Å². The molecule has 0 amide bonds. The summed E-state index contributed by atoms with van der Waals surface area (Å²) in [4.78, 5) is 15.5. The normalized spacial score (nSPS) is 17.5. The van der Waals surface area contributed by atoms with Gasteiger partial charge in [-0.05, 0) is 25.0 Å². The van der Waals surface area contributed by atoms with Crippen LogP contribution >= 0.6 is 0 Å². The Labute approximate surface area is 112 Å². The Morgan fingerprint density at radius 3 is 2.63 bits per heavy atom. The van der Waals surface area contributed by atoms with Gasteiger partial charge in [0.15, 0.2) is 0 Å². The maximum absolute atomic E-state index is 11.2. The number of imidazole rings is 1. The molecule has 3 rings (SSSR count). The van der Waals surface area contributed by atoms with Gasteiger partial charge >= 0.3 is 5.97 Å². The molecule has 0 aliphatic heterocycles. The molecule has 2 aromatic rings. The second-order valence-electron chi connectivity index (χ2n) is 5.28. The van der Waals surface area contributed by atoms with Crippen molar-refractivity contribution in [2.24, 2.45) is 0 Å². The first-order valence-corrected chi connectivity index (χ1v) is 6.96. The van der Waals surface area contributed by atoms with Crippen LogP contribution in [-0.2, 0) is 0 Å². The van der Waals surface area contributed by atoms with Crippen LogP contribution in [0, 0.1) is 0 Å². The van der Waals surface area contributed by atoms with Crippen LogP contribution in [0.15, 0.2) is 24.5 Å². The molecule has 1 N–H and O–H groups in total. The lowest BCUT2D eigenvalue weighted by atomic mass is 10.1. The minimum Gasteiger partial charge on any atom is -0.478 e. The fourth-order valence-corrected chi connectivity index (χ4v) is 3.06. The van der Waals surface area contributed by atoms with Gasteiger partial charge in [0, 0.05) is 6.04 Å². The molecule has 1 fully saturated rings. The highest BCUT2D eigenvalue weighted by Gasteiger charge is 2.18. The maximum atomic E-state index is 11.2. The molecule has 1 heterocycles. The van der Waals surface area contributed by atoms with Crippen molar-refractivity contribution in [1.82, 2.24) is 9.55 Å². The first-order valence-electron chi connectivity index (χ1n) is 6.96. The third-order valence-corrected chi connectivity index (χ3v) is 4.05. The van der Waals surface area contributed by atoms with Crippen LogP contribution in [0.4, 0.5) is 0 Å². The monoisotopic (exact) mass is 258 g/mol. The molecule has 0 bridgehead atoms. The summed E-state index contributed by atoms with van der Waals surface area (Å²) >= 11 is 0. The van der Waals surface area contributed by atoms with Gasteiger partial charge in [-0.25, -0.2) is 9.78 Å². The minimum absolute atomic E-state index is 0.296. The summed E-state index contributed by atoms with van der Waals surface area (Å²) in [7, 11) is 0. The number of carboxylic acid groups (broad SMARTS) is 1. The Bertz CT molecular complexity index is 595. The van der Waals surface area contributed by atoms with Crippen molar-refractivity contribution in [3.8, 4) is 0 Å². The second-order valence-corrected chi connectivity index (χ2v) is 5.28. The molecule has 0 radical (unpaired) electrons. The van der Waals surface area contributed by atoms with E-state index in [1.165, 1.54) is 38.5 Å². The first kappa shape index (κ1) is 12.2. The zero-order valence-corrected chi connectivity index (χ0v) is 10.9. The number of aromatic carboxylic acids is 1. The van der Waals surface area contributed by atoms with Gasteiger partial charge in [0.25, 0.3) is 0 Å². The van der Waals surface area contributed by atoms with Crippen molar-refractivity contribution in [1.29, 1.82) is 0 Å². The van der Waals surface area contributed by atoms with Crippen LogP contribution in [0.1, 0.15) is 54.9 Å². The number of fused-ring (bicyclic) bond motifs is 1. The van der Waals surface area contributed by atoms with E-state index < -0.39 is 5.97 Å². The lowest BCUT2D eigenvalue weighted by Gasteiger charge is -2.16. The molecule has 1 aromatic carbocycles. The predicted octanol–water partition coefficient (Wildman–Crippen LogP) is 3.63. The smallest absolute Gasteiger partial charge is 0.337 e. The van der Waals surface area contributed by atoms with Gasteiger partial charge in [-0.1, -0.05) is 31.7 Å². The molecule has 0 saturated heterocycles. The van der Waals surface area contributed by atoms with Gasteiger partial charge in [-0.3, -0.25) is 0 Å². The standard InChI is InChI=1S/C15H18N2O2/c18-15(19)12-8-5-9-13-14(12)16-10-17(13)11-6-3-1-2-4-7-11/h5,8-11H,1-4,6-7H2,(H,18,19). The molecule has 4 heteroatoms. The number of hydrogen-bond donors (Lipinski definition) is 1. The van der Waals surface area contributed by atoms with E-state index in [-0.39, 0.29) is 0 Å². The van der Waals surface area contributed by atoms with Gasteiger partial charge in [0.2, 0.25) is 0 Å². The lowest BCUT2D eigenvalue weighted by Crippen LogP contribution is -2.07. The van der Waals surface area contributed by atoms with E-state index in [2.05, 4.69) is 9.55 Å². The van der Waals surface area contributed by atoms with E-state index in [0.29, 0.717) is 17.1 Å². The van der Waals surface area contributed by atoms with Gasteiger partial charge in [-0.15, -0.1) is 0 Å². The number of aromatic nitrogens is 2. The quantitative estimate of drug-likeness (QED) is 0.837. The molecule has 0 unspecified atom stereocenters. The SMILES string of the molecule is O=C(O)c1cccc2c1ncn2C1CCCCCC1. The summed E-state index contributed by atoms with van der Waals surface area (Å²) in [6, 6.07) is 5.87. The number of rotatable bonds is 2. The van der Waals surface area contributed by atoms with E-state index in [1.54, 1.807) is 12.1 Å². The number of carbonyl (C=O) groups is 1. The summed E-state index contributed by atoms with van der Waals surface area (Å²) in [5.41, 5.74) is 1.86. The average Bonchev–Trinajstić information content (AvgIpc) is 2.66. The van der Waals surface area contributed by atoms with Crippen LogP contribution in [0.5, 0.6) is 0 Å². The van der Waals surface area contributed by atoms with Crippen molar-refractivity contribution < 1.29 is 9.90 Å². The van der Waals surface area contributed by atoms with Crippen molar-refractivity contribution >= 4 is 17.0 Å². The molecule has 100 valence electrons. The molecular formula is C15H18N2O2. The number of nitrogens with zero attached hydrogens (tertiary/aromatic N) is 2. The fourth-order valence-electron chi connectivity index (χ4n) is 3.06. The van der Waals surface area contributed by atoms with E-state index in [0.717, 1.165) is 5.52 Å². The Balaban J connectivity index is 2.05. The third kappa shape index (κ3) is 2.23. The zero-order chi connectivity index (χ0) is 13.2. The third-order valence-electron chi connectivity index (χ3n) is 4.05. The molecule has 1 saturated carbocycles. The van der Waals surface area contributed by atoms with Crippen LogP contribution in [0.2, 0.25) is 0 Å². The fraction of sp³-hybridized carbons (Fsp3) is 0.467. The van der Waals surface area contributed by atoms with Gasteiger partial charge in [-0.2, -0.15) is 0 Å². The predicted molar refractivity (Wildman–Crippen MR) is 73.4 cm³/mol. The zero-order valence-electron chi connectivity index (χ0n) is 10.9. The summed E-state index contributed by atoms with van der Waals surface area (Å²) < 4.78 is 2.17. The highest BCUT2D eigenvalue weighted by molar-refractivity contribution is 6.00. The molecule has 1 aromatic heterocycles. The topological polar surface area (TPSA) is 55.1 Å². The van der Waals surface area contributed by atoms with Gasteiger partial charge < -0.3 is 9.67 Å². The summed E-state index contributed by atoms with van der Waals surface area (Å²) in [5.74, 6) is -0.906. The van der Waals surface area contributed by atoms with E-state index in [1.807, 2.05) is 12.4 Å². The van der Waals surface area contributed by atoms with Crippen LogP contribution < -0.4 is 0 Å². The Hall–Kier alpha value is -1.84. The first-order chi connectivity index (χ1) is 9.27. The lowest BCUT2D eigenvalue weighted by molar-refractivity contribution is 0.0699. The largest absolute Gasteiger partial charge is 0.478 e. The van der Waals surface area contributed by atoms with Crippen molar-refractivity contribution in [3.63, 3.8) is 0 Å². The molecule has 1 aliphatic carbocycles. The summed E-state index contributed by atoms with van der Waals surface area (Å²) in [6.45, 7) is 0. The average molecular weight is 258 g/mol. The maximum Gasteiger partial charge on any atom is 0.337 e. The van der Waals surface area contributed by atoms with Crippen LogP contribution in [-0.4, -0.2) is 20.6 Å². The van der Waals surface area contributed by atoms with Crippen LogP contribution in [0.25, 0.3) is 11.0 Å². The van der Waals surface area contributed by atoms with E-state index in [4.69, 9.17) is 0 Å². The second kappa shape index (κ2) is 5.03. The minimum atomic E-state index is -0.906. The molecule has 4 nitrogen and oxygen atoms in total. The highest BCUT2D eigenvalue weighted by Crippen LogP contribution is 2.30. The molecule has 19 heavy (non-hydrogen) atoms. The number of carboxylic acids is 1. The van der Waals surface area contributed by atoms with E-state index >= 15 is 0 Å². The summed E-state index contributed by atoms with van der Waals surface area (Å²) in [6.07, 6.45) is 9.28. The molecular weight excluding hydrogens is 240 g/mol. The Morgan fingerprint density at radius 2 is 1.95 bits per heavy atom. The Kier molecular flexibility index (Phi) is 3.23. The van der Waals surface area contributed by atoms with Crippen molar-refractivity contribution in [2.45, 2.75) is 44.6 Å².